The number of benzene rings is 6. The van der Waals surface area contributed by atoms with Gasteiger partial charge in [-0.15, -0.1) is 11.3 Å². The van der Waals surface area contributed by atoms with Crippen LogP contribution >= 0.6 is 11.3 Å². The highest BCUT2D eigenvalue weighted by molar-refractivity contribution is 7.32. The van der Waals surface area contributed by atoms with Crippen molar-refractivity contribution < 1.29 is 0 Å². The molecule has 0 atom stereocenters. The van der Waals surface area contributed by atoms with E-state index >= 15 is 0 Å². The fourth-order valence-corrected chi connectivity index (χ4v) is 9.50. The maximum Gasteiger partial charge on any atom is 0.256 e. The molecule has 8 aromatic rings. The molecule has 54 heavy (non-hydrogen) atoms. The van der Waals surface area contributed by atoms with E-state index in [1.165, 1.54) is 81.9 Å². The van der Waals surface area contributed by atoms with Crippen molar-refractivity contribution in [1.82, 2.24) is 9.55 Å². The van der Waals surface area contributed by atoms with E-state index in [9.17, 15) is 0 Å². The van der Waals surface area contributed by atoms with Gasteiger partial charge in [-0.25, -0.2) is 4.98 Å². The lowest BCUT2D eigenvalue weighted by molar-refractivity contribution is 1.03. The van der Waals surface area contributed by atoms with Gasteiger partial charge in [0.25, 0.3) is 6.71 Å². The lowest BCUT2D eigenvalue weighted by Crippen LogP contribution is -2.30. The molecule has 2 aromatic heterocycles. The minimum Gasteiger partial charge on any atom is -0.299 e. The van der Waals surface area contributed by atoms with Gasteiger partial charge in [-0.1, -0.05) is 174 Å². The predicted molar refractivity (Wildman–Crippen MR) is 231 cm³/mol. The van der Waals surface area contributed by atoms with Crippen LogP contribution in [0.2, 0.25) is 0 Å². The van der Waals surface area contributed by atoms with Crippen LogP contribution in [0.1, 0.15) is 38.9 Å². The summed E-state index contributed by atoms with van der Waals surface area (Å²) < 4.78 is 3.56. The summed E-state index contributed by atoms with van der Waals surface area (Å²) in [5.74, 6) is 0.947. The number of aryl methyl sites for hydroxylation is 3. The number of imidazole rings is 1. The molecule has 0 unspecified atom stereocenters. The van der Waals surface area contributed by atoms with Gasteiger partial charge in [-0.05, 0) is 87.8 Å². The van der Waals surface area contributed by atoms with Gasteiger partial charge in [0, 0.05) is 22.8 Å². The highest BCUT2D eigenvalue weighted by Crippen LogP contribution is 2.51. The van der Waals surface area contributed by atoms with Gasteiger partial charge in [0.2, 0.25) is 0 Å². The summed E-state index contributed by atoms with van der Waals surface area (Å²) >= 11 is 1.89. The van der Waals surface area contributed by atoms with Gasteiger partial charge in [0.15, 0.2) is 0 Å². The van der Waals surface area contributed by atoms with E-state index in [0.717, 1.165) is 11.4 Å². The summed E-state index contributed by atoms with van der Waals surface area (Å²) in [6.45, 7) is 6.56. The zero-order valence-electron chi connectivity index (χ0n) is 30.7. The summed E-state index contributed by atoms with van der Waals surface area (Å²) in [4.78, 5) is 6.12. The lowest BCUT2D eigenvalue weighted by atomic mass is 9.38. The molecular weight excluding hydrogens is 671 g/mol. The van der Waals surface area contributed by atoms with E-state index in [1.807, 2.05) is 17.5 Å². The molecule has 3 heterocycles. The van der Waals surface area contributed by atoms with E-state index in [1.54, 1.807) is 0 Å². The molecule has 6 aromatic carbocycles. The molecule has 258 valence electrons. The third kappa shape index (κ3) is 6.09. The molecule has 0 spiro atoms. The molecule has 2 nitrogen and oxygen atoms in total. The Labute approximate surface area is 322 Å². The molecule has 1 aliphatic rings. The summed E-state index contributed by atoms with van der Waals surface area (Å²) in [6.07, 6.45) is 3.99. The van der Waals surface area contributed by atoms with Gasteiger partial charge < -0.3 is 0 Å². The standard InChI is InChI=1S/C50H39BN2S/c1-34-31-35(2)49(36(3)32-34)53-30-29-52-50(53)42-26-16-25-41(33-42)43-27-28-44(54-43)51-47(39-21-12-6-13-22-39)45(37-17-8-4-9-18-37)46(38-19-10-5-11-20-38)48(51)40-23-14-7-15-24-40/h4-33H,1-3H3. The van der Waals surface area contributed by atoms with Crippen LogP contribution in [-0.2, 0) is 0 Å². The first kappa shape index (κ1) is 33.6. The maximum atomic E-state index is 4.89. The quantitative estimate of drug-likeness (QED) is 0.144. The normalized spacial score (nSPS) is 12.9. The van der Waals surface area contributed by atoms with E-state index in [4.69, 9.17) is 4.98 Å². The Morgan fingerprint density at radius 1 is 0.481 bits per heavy atom. The predicted octanol–water partition coefficient (Wildman–Crippen LogP) is 12.2. The van der Waals surface area contributed by atoms with Crippen LogP contribution in [0, 0.1) is 20.8 Å². The average Bonchev–Trinajstić information content (AvgIpc) is 3.97. The number of allylic oxidation sites excluding steroid dienone is 2. The van der Waals surface area contributed by atoms with Gasteiger partial charge in [0.1, 0.15) is 5.82 Å². The fraction of sp³-hybridized carbons (Fsp3) is 0.0600. The lowest BCUT2D eigenvalue weighted by Gasteiger charge is -2.17. The van der Waals surface area contributed by atoms with Crippen LogP contribution < -0.4 is 4.78 Å². The summed E-state index contributed by atoms with van der Waals surface area (Å²) in [6, 6.07) is 62.0. The maximum absolute atomic E-state index is 4.89. The molecular formula is C50H39BN2S. The molecule has 0 N–H and O–H groups in total. The first-order chi connectivity index (χ1) is 26.5. The summed E-state index contributed by atoms with van der Waals surface area (Å²) in [5, 5.41) is 0. The monoisotopic (exact) mass is 710 g/mol. The van der Waals surface area contributed by atoms with Crippen LogP contribution in [0.4, 0.5) is 0 Å². The molecule has 0 saturated carbocycles. The average molecular weight is 711 g/mol. The minimum atomic E-state index is 0.0218. The van der Waals surface area contributed by atoms with E-state index < -0.39 is 0 Å². The molecule has 9 rings (SSSR count). The van der Waals surface area contributed by atoms with Gasteiger partial charge in [-0.2, -0.15) is 0 Å². The van der Waals surface area contributed by atoms with Gasteiger partial charge in [0.05, 0.1) is 5.69 Å². The zero-order valence-corrected chi connectivity index (χ0v) is 31.5. The zero-order chi connectivity index (χ0) is 36.6. The van der Waals surface area contributed by atoms with Crippen molar-refractivity contribution in [2.45, 2.75) is 20.8 Å². The smallest absolute Gasteiger partial charge is 0.256 e. The molecule has 0 fully saturated rings. The highest BCUT2D eigenvalue weighted by Gasteiger charge is 2.41. The first-order valence-electron chi connectivity index (χ1n) is 18.6. The molecule has 0 amide bonds. The number of nitrogens with zero attached hydrogens (tertiary/aromatic N) is 2. The van der Waals surface area contributed by atoms with Crippen molar-refractivity contribution in [3.8, 4) is 27.5 Å². The highest BCUT2D eigenvalue weighted by atomic mass is 32.1. The van der Waals surface area contributed by atoms with Gasteiger partial charge >= 0.3 is 0 Å². The Hall–Kier alpha value is -6.23. The Morgan fingerprint density at radius 2 is 0.963 bits per heavy atom. The Balaban J connectivity index is 1.23. The summed E-state index contributed by atoms with van der Waals surface area (Å²) in [7, 11) is 0. The largest absolute Gasteiger partial charge is 0.299 e. The van der Waals surface area contributed by atoms with Crippen LogP contribution in [0.25, 0.3) is 49.6 Å². The molecule has 1 aliphatic heterocycles. The second-order valence-electron chi connectivity index (χ2n) is 14.1. The Kier molecular flexibility index (Phi) is 8.90. The second-order valence-corrected chi connectivity index (χ2v) is 15.2. The SMILES string of the molecule is Cc1cc(C)c(-n2ccnc2-c2cccc(-c3ccc(B4C(c5ccccc5)=C(c5ccccc5)C(c5ccccc5)=C4c4ccccc4)s3)c2)c(C)c1. The molecule has 0 radical (unpaired) electrons. The number of aromatic nitrogens is 2. The number of rotatable bonds is 8. The van der Waals surface area contributed by atoms with Crippen molar-refractivity contribution in [2.24, 2.45) is 0 Å². The van der Waals surface area contributed by atoms with Crippen molar-refractivity contribution in [2.75, 3.05) is 0 Å². The number of hydrogen-bond acceptors (Lipinski definition) is 2. The van der Waals surface area contributed by atoms with Gasteiger partial charge in [-0.3, -0.25) is 4.57 Å². The second kappa shape index (κ2) is 14.3. The third-order valence-electron chi connectivity index (χ3n) is 10.5. The molecule has 0 bridgehead atoms. The van der Waals surface area contributed by atoms with Crippen molar-refractivity contribution in [3.63, 3.8) is 0 Å². The van der Waals surface area contributed by atoms with Crippen molar-refractivity contribution in [1.29, 1.82) is 0 Å². The third-order valence-corrected chi connectivity index (χ3v) is 11.7. The number of hydrogen-bond donors (Lipinski definition) is 0. The van der Waals surface area contributed by atoms with Crippen LogP contribution in [0.3, 0.4) is 0 Å². The van der Waals surface area contributed by atoms with E-state index in [-0.39, 0.29) is 6.71 Å². The Morgan fingerprint density at radius 3 is 1.50 bits per heavy atom. The molecule has 0 saturated heterocycles. The first-order valence-corrected chi connectivity index (χ1v) is 19.4. The molecule has 4 heteroatoms. The fourth-order valence-electron chi connectivity index (χ4n) is 8.38. The van der Waals surface area contributed by atoms with Crippen LogP contribution in [0.15, 0.2) is 182 Å². The van der Waals surface area contributed by atoms with Crippen LogP contribution in [-0.4, -0.2) is 16.3 Å². The summed E-state index contributed by atoms with van der Waals surface area (Å²) in [5.41, 5.74) is 17.5. The number of thiophene rings is 1. The van der Waals surface area contributed by atoms with Crippen molar-refractivity contribution >= 4 is 44.9 Å². The molecule has 0 aliphatic carbocycles. The van der Waals surface area contributed by atoms with E-state index in [0.29, 0.717) is 0 Å². The van der Waals surface area contributed by atoms with E-state index in [2.05, 4.69) is 201 Å². The van der Waals surface area contributed by atoms with Crippen molar-refractivity contribution in [3.05, 3.63) is 221 Å². The topological polar surface area (TPSA) is 17.8 Å². The Bertz CT molecular complexity index is 2550. The van der Waals surface area contributed by atoms with Crippen LogP contribution in [0.5, 0.6) is 0 Å². The minimum absolute atomic E-state index is 0.0218.